The number of aliphatic hydroxyl groups is 1. The lowest BCUT2D eigenvalue weighted by atomic mass is 9.70. The minimum absolute atomic E-state index is 0.166. The van der Waals surface area contributed by atoms with Gasteiger partial charge in [-0.2, -0.15) is 0 Å². The van der Waals surface area contributed by atoms with Crippen molar-refractivity contribution in [3.05, 3.63) is 42.0 Å². The molecule has 1 unspecified atom stereocenters. The Morgan fingerprint density at radius 1 is 1.37 bits per heavy atom. The maximum Gasteiger partial charge on any atom is 0.312 e. The molecule has 4 rings (SSSR count). The van der Waals surface area contributed by atoms with E-state index in [4.69, 9.17) is 9.47 Å². The molecule has 1 aromatic carbocycles. The first-order valence-electron chi connectivity index (χ1n) is 13.4. The molecular formula is C29H39BrN2O6. The topological polar surface area (TPSA) is 96.4 Å². The first kappa shape index (κ1) is 28.8. The van der Waals surface area contributed by atoms with Gasteiger partial charge in [0.1, 0.15) is 11.6 Å². The number of hydrogen-bond donors (Lipinski definition) is 1. The Kier molecular flexibility index (Phi) is 8.40. The third-order valence-corrected chi connectivity index (χ3v) is 8.95. The van der Waals surface area contributed by atoms with E-state index in [1.807, 2.05) is 45.9 Å². The molecule has 3 fully saturated rings. The quantitative estimate of drug-likeness (QED) is 0.254. The number of likely N-dealkylation sites (tertiary alicyclic amines) is 1. The van der Waals surface area contributed by atoms with E-state index in [0.29, 0.717) is 12.8 Å². The number of anilines is 1. The van der Waals surface area contributed by atoms with Gasteiger partial charge in [0.05, 0.1) is 37.2 Å². The van der Waals surface area contributed by atoms with Crippen molar-refractivity contribution in [1.29, 1.82) is 0 Å². The highest BCUT2D eigenvalue weighted by Crippen LogP contribution is 2.61. The third-order valence-electron chi connectivity index (χ3n) is 8.10. The summed E-state index contributed by atoms with van der Waals surface area (Å²) in [7, 11) is 0. The number of aryl methyl sites for hydroxylation is 2. The number of alkyl halides is 1. The van der Waals surface area contributed by atoms with Crippen LogP contribution in [0, 0.1) is 31.6 Å². The second-order valence-electron chi connectivity index (χ2n) is 11.2. The van der Waals surface area contributed by atoms with E-state index in [-0.39, 0.29) is 42.3 Å². The van der Waals surface area contributed by atoms with Crippen LogP contribution in [-0.2, 0) is 23.9 Å². The highest BCUT2D eigenvalue weighted by molar-refractivity contribution is 9.09. The molecular weight excluding hydrogens is 552 g/mol. The molecule has 208 valence electrons. The molecule has 1 spiro atoms. The van der Waals surface area contributed by atoms with Crippen molar-refractivity contribution in [2.45, 2.75) is 76.1 Å². The van der Waals surface area contributed by atoms with Gasteiger partial charge >= 0.3 is 5.97 Å². The minimum atomic E-state index is -1.22. The Morgan fingerprint density at radius 3 is 2.68 bits per heavy atom. The molecule has 3 aliphatic heterocycles. The van der Waals surface area contributed by atoms with Crippen LogP contribution < -0.4 is 4.90 Å². The summed E-state index contributed by atoms with van der Waals surface area (Å²) in [6, 6.07) is 4.29. The predicted octanol–water partition coefficient (Wildman–Crippen LogP) is 3.54. The van der Waals surface area contributed by atoms with Crippen LogP contribution in [-0.4, -0.2) is 76.2 Å². The SMILES string of the molecule is C=CCN(C(=O)[C@H]1N([C@@H](CO)CC(C)C)C(=O)[C@@H]2[C@@H](C(=O)OCC)[C@@H]3O[C@@]21CC3Br)c1cc(C)ccc1C. The second-order valence-corrected chi connectivity index (χ2v) is 12.3. The van der Waals surface area contributed by atoms with Crippen molar-refractivity contribution in [2.75, 3.05) is 24.7 Å². The van der Waals surface area contributed by atoms with E-state index >= 15 is 0 Å². The average Bonchev–Trinajstić information content (AvgIpc) is 3.45. The number of ether oxygens (including phenoxy) is 2. The zero-order valence-electron chi connectivity index (χ0n) is 22.9. The summed E-state index contributed by atoms with van der Waals surface area (Å²) in [6.45, 7) is 13.6. The predicted molar refractivity (Wildman–Crippen MR) is 148 cm³/mol. The van der Waals surface area contributed by atoms with E-state index in [1.165, 1.54) is 4.90 Å². The first-order valence-corrected chi connectivity index (χ1v) is 14.3. The summed E-state index contributed by atoms with van der Waals surface area (Å²) in [5.74, 6) is -2.65. The van der Waals surface area contributed by atoms with Crippen LogP contribution in [0.2, 0.25) is 0 Å². The zero-order valence-corrected chi connectivity index (χ0v) is 24.4. The molecule has 3 saturated heterocycles. The lowest BCUT2D eigenvalue weighted by Gasteiger charge is -2.40. The molecule has 3 heterocycles. The van der Waals surface area contributed by atoms with Gasteiger partial charge in [-0.15, -0.1) is 6.58 Å². The number of hydrogen-bond acceptors (Lipinski definition) is 6. The molecule has 0 saturated carbocycles. The normalized spacial score (nSPS) is 30.5. The minimum Gasteiger partial charge on any atom is -0.466 e. The Hall–Kier alpha value is -2.23. The monoisotopic (exact) mass is 590 g/mol. The Balaban J connectivity index is 1.87. The smallest absolute Gasteiger partial charge is 0.312 e. The number of fused-ring (bicyclic) bond motifs is 1. The van der Waals surface area contributed by atoms with Gasteiger partial charge < -0.3 is 24.4 Å². The Morgan fingerprint density at radius 2 is 2.08 bits per heavy atom. The van der Waals surface area contributed by atoms with Crippen molar-refractivity contribution in [2.24, 2.45) is 17.8 Å². The van der Waals surface area contributed by atoms with Crippen LogP contribution >= 0.6 is 15.9 Å². The van der Waals surface area contributed by atoms with Crippen LogP contribution in [0.15, 0.2) is 30.9 Å². The van der Waals surface area contributed by atoms with Crippen molar-refractivity contribution < 1.29 is 29.0 Å². The standard InChI is InChI=1S/C29H39BrN2O6/c1-7-11-31(21-13-17(5)9-10-18(21)6)27(35)25-29-14-20(30)24(38-29)22(28(36)37-8-2)23(29)26(34)32(25)19(15-33)12-16(3)4/h7,9-10,13,16,19-20,22-25,33H,1,8,11-12,14-15H2,2-6H3/t19-,20?,22-,23+,24-,25-,29+/m1/s1. The molecule has 9 heteroatoms. The molecule has 1 aromatic rings. The average molecular weight is 592 g/mol. The second kappa shape index (κ2) is 11.1. The largest absolute Gasteiger partial charge is 0.466 e. The van der Waals surface area contributed by atoms with Crippen molar-refractivity contribution in [1.82, 2.24) is 4.90 Å². The Bertz CT molecular complexity index is 1110. The number of rotatable bonds is 10. The molecule has 3 aliphatic rings. The lowest BCUT2D eigenvalue weighted by Crippen LogP contribution is -2.59. The number of esters is 1. The fourth-order valence-electron chi connectivity index (χ4n) is 6.66. The van der Waals surface area contributed by atoms with Gasteiger partial charge in [0, 0.05) is 17.1 Å². The van der Waals surface area contributed by atoms with Gasteiger partial charge in [0.15, 0.2) is 0 Å². The maximum absolute atomic E-state index is 14.7. The first-order chi connectivity index (χ1) is 18.0. The number of halogens is 1. The number of nitrogens with zero attached hydrogens (tertiary/aromatic N) is 2. The van der Waals surface area contributed by atoms with Crippen LogP contribution in [0.3, 0.4) is 0 Å². The van der Waals surface area contributed by atoms with Crippen LogP contribution in [0.5, 0.6) is 0 Å². The fraction of sp³-hybridized carbons (Fsp3) is 0.621. The van der Waals surface area contributed by atoms with Crippen LogP contribution in [0.25, 0.3) is 0 Å². The van der Waals surface area contributed by atoms with E-state index < -0.39 is 41.6 Å². The van der Waals surface area contributed by atoms with E-state index in [1.54, 1.807) is 17.9 Å². The highest BCUT2D eigenvalue weighted by atomic mass is 79.9. The molecule has 7 atom stereocenters. The molecule has 2 amide bonds. The van der Waals surface area contributed by atoms with Crippen LogP contribution in [0.1, 0.15) is 44.7 Å². The zero-order chi connectivity index (χ0) is 27.9. The Labute approximate surface area is 233 Å². The van der Waals surface area contributed by atoms with Gasteiger partial charge in [-0.05, 0) is 56.7 Å². The summed E-state index contributed by atoms with van der Waals surface area (Å²) >= 11 is 3.68. The number of carbonyl (C=O) groups excluding carboxylic acids is 3. The van der Waals surface area contributed by atoms with Gasteiger partial charge in [-0.25, -0.2) is 0 Å². The summed E-state index contributed by atoms with van der Waals surface area (Å²) in [4.78, 5) is 45.1. The highest BCUT2D eigenvalue weighted by Gasteiger charge is 2.77. The van der Waals surface area contributed by atoms with Gasteiger partial charge in [-0.3, -0.25) is 14.4 Å². The van der Waals surface area contributed by atoms with E-state index in [9.17, 15) is 19.5 Å². The van der Waals surface area contributed by atoms with Gasteiger partial charge in [-0.1, -0.05) is 48.0 Å². The van der Waals surface area contributed by atoms with Crippen molar-refractivity contribution in [3.63, 3.8) is 0 Å². The molecule has 38 heavy (non-hydrogen) atoms. The molecule has 0 aromatic heterocycles. The van der Waals surface area contributed by atoms with Crippen molar-refractivity contribution >= 4 is 39.4 Å². The number of carbonyl (C=O) groups is 3. The summed E-state index contributed by atoms with van der Waals surface area (Å²) in [6.07, 6.45) is 1.98. The summed E-state index contributed by atoms with van der Waals surface area (Å²) < 4.78 is 11.9. The van der Waals surface area contributed by atoms with E-state index in [0.717, 1.165) is 16.8 Å². The number of amides is 2. The third kappa shape index (κ3) is 4.60. The summed E-state index contributed by atoms with van der Waals surface area (Å²) in [5.41, 5.74) is 1.43. The number of aliphatic hydroxyl groups excluding tert-OH is 1. The number of benzene rings is 1. The molecule has 1 N–H and O–H groups in total. The molecule has 0 radical (unpaired) electrons. The van der Waals surface area contributed by atoms with Crippen molar-refractivity contribution in [3.8, 4) is 0 Å². The maximum atomic E-state index is 14.7. The van der Waals surface area contributed by atoms with Gasteiger partial charge in [0.2, 0.25) is 5.91 Å². The fourth-order valence-corrected chi connectivity index (χ4v) is 7.60. The lowest BCUT2D eigenvalue weighted by molar-refractivity contribution is -0.155. The summed E-state index contributed by atoms with van der Waals surface area (Å²) in [5, 5.41) is 10.5. The van der Waals surface area contributed by atoms with Crippen LogP contribution in [0.4, 0.5) is 5.69 Å². The van der Waals surface area contributed by atoms with E-state index in [2.05, 4.69) is 22.5 Å². The molecule has 8 nitrogen and oxygen atoms in total. The molecule has 0 aliphatic carbocycles. The molecule has 2 bridgehead atoms. The van der Waals surface area contributed by atoms with Gasteiger partial charge in [0.25, 0.3) is 5.91 Å².